The van der Waals surface area contributed by atoms with Crippen molar-refractivity contribution in [1.29, 1.82) is 0 Å². The molecule has 1 aromatic carbocycles. The number of ketones is 1. The van der Waals surface area contributed by atoms with Gasteiger partial charge in [-0.2, -0.15) is 0 Å². The Morgan fingerprint density at radius 1 is 1.24 bits per heavy atom. The normalized spacial score (nSPS) is 11.4. The summed E-state index contributed by atoms with van der Waals surface area (Å²) < 4.78 is 0. The van der Waals surface area contributed by atoms with Gasteiger partial charge in [-0.3, -0.25) is 9.59 Å². The van der Waals surface area contributed by atoms with Gasteiger partial charge in [0.1, 0.15) is 0 Å². The number of Topliss-reactive ketones (excluding diaryl/α,β-unsaturated/α-hetero) is 1. The maximum atomic E-state index is 12.3. The second kappa shape index (κ2) is 6.61. The Morgan fingerprint density at radius 2 is 1.81 bits per heavy atom. The molecule has 0 aliphatic rings. The first-order valence-electron chi connectivity index (χ1n) is 7.19. The lowest BCUT2D eigenvalue weighted by Gasteiger charge is -2.28. The van der Waals surface area contributed by atoms with Crippen molar-refractivity contribution >= 4 is 29.0 Å². The Labute approximate surface area is 132 Å². The molecule has 3 nitrogen and oxygen atoms in total. The molecule has 0 aromatic heterocycles. The fourth-order valence-electron chi connectivity index (χ4n) is 2.17. The van der Waals surface area contributed by atoms with Gasteiger partial charge in [0.15, 0.2) is 5.78 Å². The summed E-state index contributed by atoms with van der Waals surface area (Å²) in [6, 6.07) is 3.72. The Hall–Kier alpha value is -1.35. The summed E-state index contributed by atoms with van der Waals surface area (Å²) in [5, 5.41) is 0.632. The molecule has 0 fully saturated rings. The molecule has 21 heavy (non-hydrogen) atoms. The highest BCUT2D eigenvalue weighted by Gasteiger charge is 2.27. The van der Waals surface area contributed by atoms with Crippen LogP contribution in [0.1, 0.15) is 45.7 Å². The minimum absolute atomic E-state index is 0.0270. The minimum Gasteiger partial charge on any atom is -0.305 e. The van der Waals surface area contributed by atoms with Crippen molar-refractivity contribution in [3.05, 3.63) is 28.3 Å². The van der Waals surface area contributed by atoms with E-state index in [-0.39, 0.29) is 18.2 Å². The maximum absolute atomic E-state index is 12.3. The Balaban J connectivity index is 3.34. The van der Waals surface area contributed by atoms with E-state index in [2.05, 4.69) is 0 Å². The van der Waals surface area contributed by atoms with E-state index in [1.165, 1.54) is 6.92 Å². The van der Waals surface area contributed by atoms with Crippen LogP contribution in [0.25, 0.3) is 0 Å². The van der Waals surface area contributed by atoms with E-state index in [9.17, 15) is 9.59 Å². The predicted octanol–water partition coefficient (Wildman–Crippen LogP) is 4.18. The highest BCUT2D eigenvalue weighted by molar-refractivity contribution is 6.32. The molecular formula is C17H24ClNO2. The van der Waals surface area contributed by atoms with Gasteiger partial charge in [-0.1, -0.05) is 45.4 Å². The second-order valence-corrected chi connectivity index (χ2v) is 6.73. The summed E-state index contributed by atoms with van der Waals surface area (Å²) in [7, 11) is 0. The van der Waals surface area contributed by atoms with Gasteiger partial charge < -0.3 is 4.90 Å². The van der Waals surface area contributed by atoms with Crippen LogP contribution < -0.4 is 4.90 Å². The van der Waals surface area contributed by atoms with Crippen LogP contribution in [0.3, 0.4) is 0 Å². The van der Waals surface area contributed by atoms with Crippen LogP contribution in [0.5, 0.6) is 0 Å². The molecule has 1 amide bonds. The molecular weight excluding hydrogens is 286 g/mol. The smallest absolute Gasteiger partial charge is 0.224 e. The third kappa shape index (κ3) is 4.07. The van der Waals surface area contributed by atoms with E-state index < -0.39 is 5.41 Å². The number of aryl methyl sites for hydroxylation is 1. The van der Waals surface area contributed by atoms with E-state index in [4.69, 9.17) is 11.6 Å². The fraction of sp³-hybridized carbons (Fsp3) is 0.529. The summed E-state index contributed by atoms with van der Waals surface area (Å²) in [6.07, 6.45) is 0.712. The summed E-state index contributed by atoms with van der Waals surface area (Å²) in [6.45, 7) is 11.1. The Bertz CT molecular complexity index is 559. The van der Waals surface area contributed by atoms with Crippen LogP contribution >= 0.6 is 11.6 Å². The lowest BCUT2D eigenvalue weighted by molar-refractivity contribution is -0.126. The average molecular weight is 310 g/mol. The number of nitrogens with zero attached hydrogens (tertiary/aromatic N) is 1. The van der Waals surface area contributed by atoms with E-state index in [1.54, 1.807) is 4.90 Å². The van der Waals surface area contributed by atoms with Crippen molar-refractivity contribution in [1.82, 2.24) is 0 Å². The van der Waals surface area contributed by atoms with Gasteiger partial charge in [-0.15, -0.1) is 0 Å². The summed E-state index contributed by atoms with van der Waals surface area (Å²) in [5.74, 6) is -0.119. The van der Waals surface area contributed by atoms with Gasteiger partial charge in [-0.05, 0) is 30.5 Å². The minimum atomic E-state index is -0.480. The molecule has 0 bridgehead atoms. The van der Waals surface area contributed by atoms with Gasteiger partial charge in [0.2, 0.25) is 5.91 Å². The number of halogens is 1. The zero-order chi connectivity index (χ0) is 16.4. The molecule has 116 valence electrons. The van der Waals surface area contributed by atoms with Crippen molar-refractivity contribution in [2.75, 3.05) is 11.4 Å². The van der Waals surface area contributed by atoms with E-state index in [0.717, 1.165) is 16.8 Å². The molecule has 1 aromatic rings. The third-order valence-electron chi connectivity index (χ3n) is 3.57. The SMILES string of the molecule is CCc1c(Cl)ccc(C)c1N(CC(=O)C(C)(C)C)C(C)=O. The van der Waals surface area contributed by atoms with Crippen molar-refractivity contribution in [3.63, 3.8) is 0 Å². The maximum Gasteiger partial charge on any atom is 0.224 e. The molecule has 0 unspecified atom stereocenters. The van der Waals surface area contributed by atoms with Crippen LogP contribution in [-0.2, 0) is 16.0 Å². The number of carbonyl (C=O) groups excluding carboxylic acids is 2. The lowest BCUT2D eigenvalue weighted by Crippen LogP contribution is -2.39. The molecule has 0 atom stereocenters. The predicted molar refractivity (Wildman–Crippen MR) is 88.1 cm³/mol. The Morgan fingerprint density at radius 3 is 2.24 bits per heavy atom. The Kier molecular flexibility index (Phi) is 5.57. The van der Waals surface area contributed by atoms with Crippen LogP contribution in [-0.4, -0.2) is 18.2 Å². The quantitative estimate of drug-likeness (QED) is 0.836. The molecule has 0 radical (unpaired) electrons. The van der Waals surface area contributed by atoms with Gasteiger partial charge >= 0.3 is 0 Å². The number of rotatable bonds is 4. The fourth-order valence-corrected chi connectivity index (χ4v) is 2.46. The summed E-state index contributed by atoms with van der Waals surface area (Å²) in [5.41, 5.74) is 2.16. The monoisotopic (exact) mass is 309 g/mol. The zero-order valence-corrected chi connectivity index (χ0v) is 14.5. The highest BCUT2D eigenvalue weighted by atomic mass is 35.5. The number of anilines is 1. The van der Waals surface area contributed by atoms with Crippen LogP contribution in [0.2, 0.25) is 5.02 Å². The molecule has 0 saturated heterocycles. The largest absolute Gasteiger partial charge is 0.305 e. The molecule has 0 N–H and O–H groups in total. The van der Waals surface area contributed by atoms with Gasteiger partial charge in [0, 0.05) is 17.4 Å². The van der Waals surface area contributed by atoms with Gasteiger partial charge in [0.25, 0.3) is 0 Å². The molecule has 0 spiro atoms. The van der Waals surface area contributed by atoms with Gasteiger partial charge in [-0.25, -0.2) is 0 Å². The molecule has 0 heterocycles. The van der Waals surface area contributed by atoms with Crippen LogP contribution in [0.4, 0.5) is 5.69 Å². The van der Waals surface area contributed by atoms with E-state index >= 15 is 0 Å². The van der Waals surface area contributed by atoms with Gasteiger partial charge in [0.05, 0.1) is 12.2 Å². The zero-order valence-electron chi connectivity index (χ0n) is 13.7. The van der Waals surface area contributed by atoms with Crippen molar-refractivity contribution in [3.8, 4) is 0 Å². The molecule has 4 heteroatoms. The van der Waals surface area contributed by atoms with Crippen LogP contribution in [0, 0.1) is 12.3 Å². The number of carbonyl (C=O) groups is 2. The second-order valence-electron chi connectivity index (χ2n) is 6.32. The van der Waals surface area contributed by atoms with Crippen molar-refractivity contribution in [2.24, 2.45) is 5.41 Å². The van der Waals surface area contributed by atoms with Crippen molar-refractivity contribution < 1.29 is 9.59 Å². The molecule has 0 aliphatic carbocycles. The van der Waals surface area contributed by atoms with E-state index in [1.807, 2.05) is 46.8 Å². The lowest BCUT2D eigenvalue weighted by atomic mass is 9.90. The number of hydrogen-bond donors (Lipinski definition) is 0. The molecule has 0 aliphatic heterocycles. The first kappa shape index (κ1) is 17.7. The van der Waals surface area contributed by atoms with E-state index in [0.29, 0.717) is 11.4 Å². The number of amides is 1. The summed E-state index contributed by atoms with van der Waals surface area (Å²) in [4.78, 5) is 25.9. The first-order valence-corrected chi connectivity index (χ1v) is 7.56. The standard InChI is InChI=1S/C17H24ClNO2/c1-7-13-14(18)9-8-11(2)16(13)19(12(3)20)10-15(21)17(4,5)6/h8-9H,7,10H2,1-6H3. The van der Waals surface area contributed by atoms with Crippen molar-refractivity contribution in [2.45, 2.75) is 48.0 Å². The number of hydrogen-bond acceptors (Lipinski definition) is 2. The topological polar surface area (TPSA) is 37.4 Å². The number of benzene rings is 1. The average Bonchev–Trinajstić information content (AvgIpc) is 2.37. The first-order chi connectivity index (χ1) is 9.59. The third-order valence-corrected chi connectivity index (χ3v) is 3.92. The van der Waals surface area contributed by atoms with Crippen LogP contribution in [0.15, 0.2) is 12.1 Å². The molecule has 1 rings (SSSR count). The summed E-state index contributed by atoms with van der Waals surface area (Å²) >= 11 is 6.25. The highest BCUT2D eigenvalue weighted by Crippen LogP contribution is 2.32. The molecule has 0 saturated carbocycles.